The molecule has 1 saturated heterocycles. The van der Waals surface area contributed by atoms with Crippen LogP contribution in [-0.4, -0.2) is 26.1 Å². The molecule has 3 aromatic rings. The molecule has 2 atom stereocenters. The molecule has 1 aromatic carbocycles. The molecule has 0 spiro atoms. The zero-order valence-corrected chi connectivity index (χ0v) is 17.8. The van der Waals surface area contributed by atoms with Crippen molar-refractivity contribution in [1.82, 2.24) is 19.8 Å². The van der Waals surface area contributed by atoms with Crippen LogP contribution in [0.15, 0.2) is 54.7 Å². The molecule has 0 aliphatic carbocycles. The molecule has 0 bridgehead atoms. The number of hydrogen-bond donors (Lipinski definition) is 1. The maximum absolute atomic E-state index is 6.24. The quantitative estimate of drug-likeness (QED) is 0.604. The van der Waals surface area contributed by atoms with Crippen molar-refractivity contribution >= 4 is 28.9 Å². The molecule has 1 aliphatic heterocycles. The minimum atomic E-state index is 0.0157. The molecular formula is C22H23ClN4S. The third-order valence-corrected chi connectivity index (χ3v) is 5.98. The van der Waals surface area contributed by atoms with Crippen LogP contribution in [0.5, 0.6) is 0 Å². The number of pyridine rings is 1. The maximum atomic E-state index is 6.24. The van der Waals surface area contributed by atoms with Crippen LogP contribution in [0, 0.1) is 13.8 Å². The van der Waals surface area contributed by atoms with Crippen molar-refractivity contribution in [2.75, 3.05) is 6.54 Å². The number of rotatable bonds is 4. The van der Waals surface area contributed by atoms with E-state index < -0.39 is 0 Å². The van der Waals surface area contributed by atoms with Gasteiger partial charge in [-0.05, 0) is 75.0 Å². The lowest BCUT2D eigenvalue weighted by molar-refractivity contribution is 0.329. The average Bonchev–Trinajstić information content (AvgIpc) is 3.17. The van der Waals surface area contributed by atoms with Gasteiger partial charge in [0.25, 0.3) is 0 Å². The molecule has 144 valence electrons. The number of benzene rings is 1. The van der Waals surface area contributed by atoms with Crippen LogP contribution in [0.25, 0.3) is 5.69 Å². The molecule has 0 amide bonds. The molecule has 3 heterocycles. The van der Waals surface area contributed by atoms with Crippen molar-refractivity contribution in [2.45, 2.75) is 32.9 Å². The molecule has 28 heavy (non-hydrogen) atoms. The fourth-order valence-electron chi connectivity index (χ4n) is 4.18. The lowest BCUT2D eigenvalue weighted by Crippen LogP contribution is -2.29. The first-order valence-corrected chi connectivity index (χ1v) is 10.2. The number of aryl methyl sites for hydroxylation is 1. The van der Waals surface area contributed by atoms with E-state index in [1.807, 2.05) is 36.5 Å². The summed E-state index contributed by atoms with van der Waals surface area (Å²) in [6.45, 7) is 7.26. The second-order valence-electron chi connectivity index (χ2n) is 7.05. The molecule has 4 nitrogen and oxygen atoms in total. The van der Waals surface area contributed by atoms with Gasteiger partial charge in [0.15, 0.2) is 5.11 Å². The van der Waals surface area contributed by atoms with Crippen molar-refractivity contribution in [3.05, 3.63) is 82.4 Å². The molecule has 2 aromatic heterocycles. The third-order valence-electron chi connectivity index (χ3n) is 5.39. The lowest BCUT2D eigenvalue weighted by atomic mass is 9.97. The van der Waals surface area contributed by atoms with Gasteiger partial charge < -0.3 is 14.8 Å². The van der Waals surface area contributed by atoms with Gasteiger partial charge in [-0.2, -0.15) is 0 Å². The fraction of sp³-hybridized carbons (Fsp3) is 0.273. The highest BCUT2D eigenvalue weighted by Crippen LogP contribution is 2.41. The average molecular weight is 411 g/mol. The summed E-state index contributed by atoms with van der Waals surface area (Å²) in [4.78, 5) is 6.84. The van der Waals surface area contributed by atoms with E-state index in [2.05, 4.69) is 58.7 Å². The van der Waals surface area contributed by atoms with Crippen molar-refractivity contribution in [2.24, 2.45) is 0 Å². The van der Waals surface area contributed by atoms with Crippen molar-refractivity contribution in [1.29, 1.82) is 0 Å². The number of halogens is 1. The van der Waals surface area contributed by atoms with Crippen LogP contribution in [0.4, 0.5) is 0 Å². The molecule has 1 aliphatic rings. The first-order valence-electron chi connectivity index (χ1n) is 9.44. The maximum Gasteiger partial charge on any atom is 0.170 e. The van der Waals surface area contributed by atoms with Gasteiger partial charge in [-0.25, -0.2) is 0 Å². The summed E-state index contributed by atoms with van der Waals surface area (Å²) >= 11 is 11.9. The Kier molecular flexibility index (Phi) is 5.13. The van der Waals surface area contributed by atoms with Gasteiger partial charge in [-0.1, -0.05) is 23.7 Å². The zero-order valence-electron chi connectivity index (χ0n) is 16.2. The number of thiocarbonyl (C=S) groups is 1. The van der Waals surface area contributed by atoms with E-state index >= 15 is 0 Å². The Hall–Kier alpha value is -2.37. The van der Waals surface area contributed by atoms with Crippen LogP contribution >= 0.6 is 23.8 Å². The second-order valence-corrected chi connectivity index (χ2v) is 7.88. The number of nitrogens with one attached hydrogen (secondary N) is 1. The van der Waals surface area contributed by atoms with Gasteiger partial charge >= 0.3 is 0 Å². The van der Waals surface area contributed by atoms with E-state index in [1.165, 1.54) is 17.0 Å². The van der Waals surface area contributed by atoms with Crippen LogP contribution < -0.4 is 5.32 Å². The van der Waals surface area contributed by atoms with Gasteiger partial charge in [0.2, 0.25) is 0 Å². The Bertz CT molecular complexity index is 1010. The highest BCUT2D eigenvalue weighted by molar-refractivity contribution is 7.80. The predicted molar refractivity (Wildman–Crippen MR) is 118 cm³/mol. The molecular weight excluding hydrogens is 388 g/mol. The topological polar surface area (TPSA) is 33.1 Å². The van der Waals surface area contributed by atoms with E-state index in [0.717, 1.165) is 28.1 Å². The Balaban J connectivity index is 1.84. The van der Waals surface area contributed by atoms with Gasteiger partial charge in [-0.3, -0.25) is 4.98 Å². The first kappa shape index (κ1) is 19.0. The van der Waals surface area contributed by atoms with Gasteiger partial charge in [-0.15, -0.1) is 0 Å². The molecule has 0 radical (unpaired) electrons. The summed E-state index contributed by atoms with van der Waals surface area (Å²) in [7, 11) is 0. The summed E-state index contributed by atoms with van der Waals surface area (Å²) in [6.07, 6.45) is 1.83. The van der Waals surface area contributed by atoms with Crippen molar-refractivity contribution in [3.63, 3.8) is 0 Å². The van der Waals surface area contributed by atoms with E-state index in [4.69, 9.17) is 23.8 Å². The monoisotopic (exact) mass is 410 g/mol. The number of aromatic nitrogens is 2. The van der Waals surface area contributed by atoms with E-state index in [-0.39, 0.29) is 12.1 Å². The normalized spacial score (nSPS) is 19.1. The summed E-state index contributed by atoms with van der Waals surface area (Å²) in [5.41, 5.74) is 5.68. The van der Waals surface area contributed by atoms with Crippen molar-refractivity contribution in [3.8, 4) is 5.69 Å². The Morgan fingerprint density at radius 1 is 1.14 bits per heavy atom. The summed E-state index contributed by atoms with van der Waals surface area (Å²) in [6, 6.07) is 16.3. The van der Waals surface area contributed by atoms with Crippen LogP contribution in [0.3, 0.4) is 0 Å². The summed E-state index contributed by atoms with van der Waals surface area (Å²) < 4.78 is 2.26. The third kappa shape index (κ3) is 3.19. The highest BCUT2D eigenvalue weighted by Gasteiger charge is 2.40. The number of likely N-dealkylation sites (N-methyl/N-ethyl adjacent to an activating group) is 1. The van der Waals surface area contributed by atoms with Gasteiger partial charge in [0.05, 0.1) is 17.8 Å². The molecule has 1 N–H and O–H groups in total. The largest absolute Gasteiger partial charge is 0.352 e. The van der Waals surface area contributed by atoms with E-state index in [1.54, 1.807) is 0 Å². The van der Waals surface area contributed by atoms with Gasteiger partial charge in [0.1, 0.15) is 0 Å². The van der Waals surface area contributed by atoms with Gasteiger partial charge in [0, 0.05) is 34.8 Å². The lowest BCUT2D eigenvalue weighted by Gasteiger charge is -2.27. The summed E-state index contributed by atoms with van der Waals surface area (Å²) in [5, 5.41) is 5.00. The van der Waals surface area contributed by atoms with E-state index in [9.17, 15) is 0 Å². The smallest absolute Gasteiger partial charge is 0.170 e. The zero-order chi connectivity index (χ0) is 19.8. The molecule has 0 saturated carbocycles. The number of nitrogens with zero attached hydrogens (tertiary/aromatic N) is 3. The summed E-state index contributed by atoms with van der Waals surface area (Å²) in [5.74, 6) is 0. The Morgan fingerprint density at radius 2 is 1.96 bits per heavy atom. The fourth-order valence-corrected chi connectivity index (χ4v) is 4.74. The highest BCUT2D eigenvalue weighted by atomic mass is 35.5. The minimum Gasteiger partial charge on any atom is -0.352 e. The number of hydrogen-bond acceptors (Lipinski definition) is 2. The molecule has 1 fully saturated rings. The first-order chi connectivity index (χ1) is 13.5. The van der Waals surface area contributed by atoms with Crippen LogP contribution in [-0.2, 0) is 0 Å². The van der Waals surface area contributed by atoms with E-state index in [0.29, 0.717) is 0 Å². The van der Waals surface area contributed by atoms with Crippen LogP contribution in [0.1, 0.15) is 41.7 Å². The van der Waals surface area contributed by atoms with Crippen LogP contribution in [0.2, 0.25) is 5.02 Å². The second kappa shape index (κ2) is 7.57. The molecule has 4 rings (SSSR count). The minimum absolute atomic E-state index is 0.0157. The Labute approximate surface area is 176 Å². The standard InChI is InChI=1S/C22H23ClN4S/c1-4-26-21(20(25-22(26)28)19-10-5-6-11-24-19)18-12-14(2)27(15(18)3)17-9-7-8-16(23)13-17/h5-13,20-21H,4H2,1-3H3,(H,25,28)/t20-,21+/m1/s1. The predicted octanol–water partition coefficient (Wildman–Crippen LogP) is 5.13. The SMILES string of the molecule is CCN1C(=S)N[C@H](c2ccccn2)[C@@H]1c1cc(C)n(-c2cccc(Cl)c2)c1C. The molecule has 0 unspecified atom stereocenters. The molecule has 6 heteroatoms. The van der Waals surface area contributed by atoms with Crippen molar-refractivity contribution < 1.29 is 0 Å². The Morgan fingerprint density at radius 3 is 2.64 bits per heavy atom.